The minimum Gasteiger partial charge on any atom is -0.380 e. The summed E-state index contributed by atoms with van der Waals surface area (Å²) in [5, 5.41) is 12.0. The summed E-state index contributed by atoms with van der Waals surface area (Å²) >= 11 is 0. The number of piperazine rings is 1. The summed E-state index contributed by atoms with van der Waals surface area (Å²) in [5.41, 5.74) is 3.47. The molecule has 10 heteroatoms. The Morgan fingerprint density at radius 2 is 1.92 bits per heavy atom. The van der Waals surface area contributed by atoms with Crippen molar-refractivity contribution in [1.29, 1.82) is 0 Å². The van der Waals surface area contributed by atoms with Crippen molar-refractivity contribution in [3.8, 4) is 0 Å². The van der Waals surface area contributed by atoms with Crippen molar-refractivity contribution in [2.24, 2.45) is 0 Å². The Morgan fingerprint density at radius 3 is 2.67 bits per heavy atom. The first-order valence-corrected chi connectivity index (χ1v) is 13.2. The van der Waals surface area contributed by atoms with Crippen molar-refractivity contribution in [1.82, 2.24) is 30.0 Å². The monoisotopic (exact) mass is 496 g/mol. The average Bonchev–Trinajstić information content (AvgIpc) is 3.23. The third-order valence-electron chi connectivity index (χ3n) is 6.88. The molecule has 0 radical (unpaired) electrons. The highest BCUT2D eigenvalue weighted by molar-refractivity contribution is 5.90. The number of halogens is 1. The Bertz CT molecular complexity index is 1150. The van der Waals surface area contributed by atoms with Gasteiger partial charge in [-0.15, -0.1) is 0 Å². The summed E-state index contributed by atoms with van der Waals surface area (Å²) in [6, 6.07) is 6.71. The van der Waals surface area contributed by atoms with Crippen LogP contribution in [0, 0.1) is 5.82 Å². The zero-order valence-electron chi connectivity index (χ0n) is 21.3. The summed E-state index contributed by atoms with van der Waals surface area (Å²) in [6.45, 7) is 11.5. The van der Waals surface area contributed by atoms with Gasteiger partial charge in [0.2, 0.25) is 5.95 Å². The maximum Gasteiger partial charge on any atom is 0.228 e. The summed E-state index contributed by atoms with van der Waals surface area (Å²) in [4.78, 5) is 14.8. The SMILES string of the molecule is CCOCCn1nc(CN2CCCCC2)c2nc(N3CCN[C@@H](C)C3)nc(Nc3ccc(F)cc3)c21. The molecule has 2 fully saturated rings. The van der Waals surface area contributed by atoms with Crippen molar-refractivity contribution in [3.05, 3.63) is 35.8 Å². The van der Waals surface area contributed by atoms with E-state index in [9.17, 15) is 4.39 Å². The van der Waals surface area contributed by atoms with Gasteiger partial charge in [0, 0.05) is 44.5 Å². The molecule has 2 aliphatic rings. The van der Waals surface area contributed by atoms with Crippen LogP contribution in [0.15, 0.2) is 24.3 Å². The van der Waals surface area contributed by atoms with E-state index in [1.54, 1.807) is 12.1 Å². The molecule has 2 aromatic heterocycles. The molecule has 5 rings (SSSR count). The molecule has 36 heavy (non-hydrogen) atoms. The molecule has 1 aromatic carbocycles. The Labute approximate surface area is 212 Å². The van der Waals surface area contributed by atoms with Gasteiger partial charge in [-0.1, -0.05) is 6.42 Å². The minimum absolute atomic E-state index is 0.269. The van der Waals surface area contributed by atoms with Crippen LogP contribution >= 0.6 is 0 Å². The fourth-order valence-corrected chi connectivity index (χ4v) is 5.04. The van der Waals surface area contributed by atoms with Crippen LogP contribution in [-0.2, 0) is 17.8 Å². The van der Waals surface area contributed by atoms with Gasteiger partial charge in [-0.2, -0.15) is 10.1 Å². The van der Waals surface area contributed by atoms with Gasteiger partial charge in [-0.25, -0.2) is 9.37 Å². The number of likely N-dealkylation sites (tertiary alicyclic amines) is 1. The van der Waals surface area contributed by atoms with Gasteiger partial charge in [0.15, 0.2) is 5.82 Å². The van der Waals surface area contributed by atoms with Crippen molar-refractivity contribution in [3.63, 3.8) is 0 Å². The number of hydrogen-bond acceptors (Lipinski definition) is 8. The third kappa shape index (κ3) is 5.77. The second-order valence-corrected chi connectivity index (χ2v) is 9.71. The van der Waals surface area contributed by atoms with Crippen LogP contribution in [-0.4, -0.2) is 76.6 Å². The fourth-order valence-electron chi connectivity index (χ4n) is 5.04. The van der Waals surface area contributed by atoms with Crippen LogP contribution < -0.4 is 15.5 Å². The minimum atomic E-state index is -0.269. The van der Waals surface area contributed by atoms with Gasteiger partial charge < -0.3 is 20.3 Å². The maximum atomic E-state index is 13.6. The van der Waals surface area contributed by atoms with Gasteiger partial charge in [-0.3, -0.25) is 9.58 Å². The number of rotatable bonds is 9. The van der Waals surface area contributed by atoms with Gasteiger partial charge >= 0.3 is 0 Å². The fraction of sp³-hybridized carbons (Fsp3) is 0.577. The van der Waals surface area contributed by atoms with Crippen LogP contribution in [0.25, 0.3) is 11.0 Å². The van der Waals surface area contributed by atoms with Crippen LogP contribution in [0.5, 0.6) is 0 Å². The Kier molecular flexibility index (Phi) is 7.93. The number of hydrogen-bond donors (Lipinski definition) is 2. The first-order valence-electron chi connectivity index (χ1n) is 13.2. The van der Waals surface area contributed by atoms with E-state index in [1.165, 1.54) is 31.4 Å². The van der Waals surface area contributed by atoms with Gasteiger partial charge in [0.1, 0.15) is 22.5 Å². The van der Waals surface area contributed by atoms with Crippen molar-refractivity contribution < 1.29 is 9.13 Å². The van der Waals surface area contributed by atoms with E-state index in [2.05, 4.69) is 27.4 Å². The summed E-state index contributed by atoms with van der Waals surface area (Å²) in [6.07, 6.45) is 3.73. The average molecular weight is 497 g/mol. The van der Waals surface area contributed by atoms with E-state index in [0.717, 1.165) is 61.7 Å². The van der Waals surface area contributed by atoms with E-state index >= 15 is 0 Å². The molecule has 0 aliphatic carbocycles. The van der Waals surface area contributed by atoms with E-state index in [4.69, 9.17) is 19.8 Å². The quantitative estimate of drug-likeness (QED) is 0.436. The first kappa shape index (κ1) is 24.9. The lowest BCUT2D eigenvalue weighted by Crippen LogP contribution is -2.49. The van der Waals surface area contributed by atoms with E-state index in [0.29, 0.717) is 37.6 Å². The molecule has 0 spiro atoms. The number of benzene rings is 1. The Morgan fingerprint density at radius 1 is 1.11 bits per heavy atom. The molecule has 0 unspecified atom stereocenters. The van der Waals surface area contributed by atoms with Crippen LogP contribution in [0.4, 0.5) is 21.8 Å². The highest BCUT2D eigenvalue weighted by atomic mass is 19.1. The van der Waals surface area contributed by atoms with Gasteiger partial charge in [-0.05, 0) is 64.0 Å². The lowest BCUT2D eigenvalue weighted by molar-refractivity contribution is 0.137. The number of piperidine rings is 1. The Balaban J connectivity index is 1.59. The standard InChI is InChI=1S/C26H37FN8O/c1-3-36-16-15-35-24-23(22(32-35)18-33-12-5-4-6-13-33)30-26(34-14-11-28-19(2)17-34)31-25(24)29-21-9-7-20(27)8-10-21/h7-10,19,28H,3-6,11-18H2,1-2H3,(H,29,30,31)/t19-/m0/s1. The number of aromatic nitrogens is 4. The van der Waals surface area contributed by atoms with E-state index in [-0.39, 0.29) is 5.82 Å². The lowest BCUT2D eigenvalue weighted by atomic mass is 10.1. The van der Waals surface area contributed by atoms with Crippen LogP contribution in [0.1, 0.15) is 38.8 Å². The molecule has 1 atom stereocenters. The summed E-state index contributed by atoms with van der Waals surface area (Å²) in [7, 11) is 0. The molecule has 9 nitrogen and oxygen atoms in total. The van der Waals surface area contributed by atoms with Crippen LogP contribution in [0.3, 0.4) is 0 Å². The first-order chi connectivity index (χ1) is 17.6. The number of fused-ring (bicyclic) bond motifs is 1. The van der Waals surface area contributed by atoms with Crippen molar-refractivity contribution in [2.75, 3.05) is 56.2 Å². The molecule has 2 saturated heterocycles. The lowest BCUT2D eigenvalue weighted by Gasteiger charge is -2.32. The highest BCUT2D eigenvalue weighted by Crippen LogP contribution is 2.30. The molecule has 194 valence electrons. The van der Waals surface area contributed by atoms with Crippen LogP contribution in [0.2, 0.25) is 0 Å². The van der Waals surface area contributed by atoms with Gasteiger partial charge in [0.25, 0.3) is 0 Å². The predicted octanol–water partition coefficient (Wildman–Crippen LogP) is 3.53. The molecule has 3 aromatic rings. The maximum absolute atomic E-state index is 13.6. The topological polar surface area (TPSA) is 83.4 Å². The molecule has 0 saturated carbocycles. The van der Waals surface area contributed by atoms with Gasteiger partial charge in [0.05, 0.1) is 13.2 Å². The summed E-state index contributed by atoms with van der Waals surface area (Å²) < 4.78 is 21.2. The number of anilines is 3. The molecular weight excluding hydrogens is 459 g/mol. The summed E-state index contributed by atoms with van der Waals surface area (Å²) in [5.74, 6) is 1.11. The molecule has 2 N–H and O–H groups in total. The molecule has 4 heterocycles. The largest absolute Gasteiger partial charge is 0.380 e. The smallest absolute Gasteiger partial charge is 0.228 e. The highest BCUT2D eigenvalue weighted by Gasteiger charge is 2.25. The second kappa shape index (κ2) is 11.5. The van der Waals surface area contributed by atoms with E-state index in [1.807, 2.05) is 11.6 Å². The zero-order chi connectivity index (χ0) is 24.9. The molecule has 0 amide bonds. The number of nitrogens with one attached hydrogen (secondary N) is 2. The predicted molar refractivity (Wildman–Crippen MR) is 140 cm³/mol. The Hall–Kier alpha value is -2.82. The van der Waals surface area contributed by atoms with Crippen molar-refractivity contribution in [2.45, 2.75) is 52.2 Å². The normalized spacial score (nSPS) is 19.2. The second-order valence-electron chi connectivity index (χ2n) is 9.71. The third-order valence-corrected chi connectivity index (χ3v) is 6.88. The number of nitrogens with zero attached hydrogens (tertiary/aromatic N) is 6. The molecule has 2 aliphatic heterocycles. The zero-order valence-corrected chi connectivity index (χ0v) is 21.3. The van der Waals surface area contributed by atoms with Crippen molar-refractivity contribution >= 4 is 28.5 Å². The van der Waals surface area contributed by atoms with E-state index < -0.39 is 0 Å². The number of ether oxygens (including phenoxy) is 1. The molecular formula is C26H37FN8O. The molecule has 0 bridgehead atoms.